The Morgan fingerprint density at radius 3 is 2.68 bits per heavy atom. The van der Waals surface area contributed by atoms with Crippen molar-refractivity contribution in [1.29, 1.82) is 0 Å². The van der Waals surface area contributed by atoms with E-state index in [4.69, 9.17) is 9.47 Å². The van der Waals surface area contributed by atoms with Crippen LogP contribution in [-0.2, 0) is 35.4 Å². The Kier molecular flexibility index (Phi) is 11.7. The largest absolute Gasteiger partial charge is 0.494 e. The van der Waals surface area contributed by atoms with Crippen molar-refractivity contribution in [2.75, 3.05) is 55.8 Å². The highest BCUT2D eigenvalue weighted by Gasteiger charge is 2.28. The number of fused-ring (bicyclic) bond motifs is 1. The molecule has 44 heavy (non-hydrogen) atoms. The average Bonchev–Trinajstić information content (AvgIpc) is 3.06. The number of nitrogens with one attached hydrogen (secondary N) is 1. The van der Waals surface area contributed by atoms with Gasteiger partial charge in [-0.15, -0.1) is 0 Å². The van der Waals surface area contributed by atoms with Crippen LogP contribution in [0.4, 0.5) is 11.4 Å². The van der Waals surface area contributed by atoms with Gasteiger partial charge in [0.05, 0.1) is 26.4 Å². The van der Waals surface area contributed by atoms with Gasteiger partial charge in [-0.1, -0.05) is 55.2 Å². The Bertz CT molecular complexity index is 1430. The number of aryl methyl sites for hydroxylation is 2. The summed E-state index contributed by atoms with van der Waals surface area (Å²) in [5.41, 5.74) is 7.22. The molecule has 5 rings (SSSR count). The van der Waals surface area contributed by atoms with E-state index in [1.54, 1.807) is 4.90 Å². The Hall–Kier alpha value is -3.83. The predicted octanol–water partition coefficient (Wildman–Crippen LogP) is 4.92. The number of ether oxygens (including phenoxy) is 2. The number of nitrogens with zero attached hydrogens (tertiary/aromatic N) is 2. The molecule has 3 aromatic carbocycles. The molecule has 2 aliphatic heterocycles. The van der Waals surface area contributed by atoms with Crippen molar-refractivity contribution in [3.8, 4) is 17.6 Å². The van der Waals surface area contributed by atoms with E-state index in [2.05, 4.69) is 71.4 Å². The summed E-state index contributed by atoms with van der Waals surface area (Å²) in [6.07, 6.45) is 5.45. The molecule has 2 heterocycles. The van der Waals surface area contributed by atoms with Crippen molar-refractivity contribution in [3.63, 3.8) is 0 Å². The summed E-state index contributed by atoms with van der Waals surface area (Å²) in [4.78, 5) is 17.1. The lowest BCUT2D eigenvalue weighted by Crippen LogP contribution is -2.54. The SMILES string of the molecule is CCc1ccccc1COCCCOc1ccc(N2C(=O)CNC[C@@H]2C#CCc2ccc3c(c2)N(CCCO)CCC3)cc1. The van der Waals surface area contributed by atoms with Gasteiger partial charge in [-0.2, -0.15) is 0 Å². The van der Waals surface area contributed by atoms with Gasteiger partial charge in [-0.3, -0.25) is 9.69 Å². The first-order valence-corrected chi connectivity index (χ1v) is 16.0. The van der Waals surface area contributed by atoms with Crippen LogP contribution in [0.1, 0.15) is 48.4 Å². The highest BCUT2D eigenvalue weighted by atomic mass is 16.5. The Morgan fingerprint density at radius 1 is 1.02 bits per heavy atom. The smallest absolute Gasteiger partial charge is 0.242 e. The number of amides is 1. The number of anilines is 2. The lowest BCUT2D eigenvalue weighted by Gasteiger charge is -2.33. The number of piperazine rings is 1. The summed E-state index contributed by atoms with van der Waals surface area (Å²) in [5.74, 6) is 7.50. The number of carbonyl (C=O) groups excluding carboxylic acids is 1. The normalized spacial score (nSPS) is 16.3. The highest BCUT2D eigenvalue weighted by molar-refractivity contribution is 5.97. The van der Waals surface area contributed by atoms with Crippen molar-refractivity contribution in [1.82, 2.24) is 5.32 Å². The van der Waals surface area contributed by atoms with E-state index in [1.165, 1.54) is 27.9 Å². The van der Waals surface area contributed by atoms with Gasteiger partial charge in [-0.05, 0) is 78.3 Å². The molecular weight excluding hydrogens is 550 g/mol. The fourth-order valence-corrected chi connectivity index (χ4v) is 5.96. The predicted molar refractivity (Wildman–Crippen MR) is 176 cm³/mol. The second-order valence-electron chi connectivity index (χ2n) is 11.4. The third-order valence-electron chi connectivity index (χ3n) is 8.28. The fourth-order valence-electron chi connectivity index (χ4n) is 5.96. The molecule has 2 aliphatic rings. The van der Waals surface area contributed by atoms with E-state index in [-0.39, 0.29) is 18.6 Å². The molecule has 7 heteroatoms. The maximum absolute atomic E-state index is 12.9. The number of hydrogen-bond donors (Lipinski definition) is 2. The quantitative estimate of drug-likeness (QED) is 0.216. The van der Waals surface area contributed by atoms with Crippen LogP contribution >= 0.6 is 0 Å². The van der Waals surface area contributed by atoms with Gasteiger partial charge in [0, 0.05) is 50.5 Å². The van der Waals surface area contributed by atoms with Crippen LogP contribution in [0.2, 0.25) is 0 Å². The van der Waals surface area contributed by atoms with Gasteiger partial charge in [0.2, 0.25) is 5.91 Å². The first-order valence-electron chi connectivity index (χ1n) is 16.0. The van der Waals surface area contributed by atoms with Crippen LogP contribution < -0.4 is 19.9 Å². The number of benzene rings is 3. The summed E-state index contributed by atoms with van der Waals surface area (Å²) < 4.78 is 11.8. The molecule has 2 N–H and O–H groups in total. The minimum absolute atomic E-state index is 0.0133. The highest BCUT2D eigenvalue weighted by Crippen LogP contribution is 2.29. The van der Waals surface area contributed by atoms with Crippen molar-refractivity contribution in [2.24, 2.45) is 0 Å². The van der Waals surface area contributed by atoms with Crippen molar-refractivity contribution >= 4 is 17.3 Å². The van der Waals surface area contributed by atoms with Crippen LogP contribution in [0.5, 0.6) is 5.75 Å². The summed E-state index contributed by atoms with van der Waals surface area (Å²) in [6, 6.07) is 22.5. The Labute approximate surface area is 262 Å². The molecule has 1 amide bonds. The molecule has 7 nitrogen and oxygen atoms in total. The minimum atomic E-state index is -0.239. The molecule has 1 fully saturated rings. The van der Waals surface area contributed by atoms with Gasteiger partial charge < -0.3 is 24.8 Å². The summed E-state index contributed by atoms with van der Waals surface area (Å²) in [6.45, 7) is 7.02. The van der Waals surface area contributed by atoms with Crippen molar-refractivity contribution in [3.05, 3.63) is 89.0 Å². The maximum Gasteiger partial charge on any atom is 0.242 e. The maximum atomic E-state index is 12.9. The minimum Gasteiger partial charge on any atom is -0.494 e. The molecular formula is C37H45N3O4. The molecule has 0 bridgehead atoms. The lowest BCUT2D eigenvalue weighted by molar-refractivity contribution is -0.118. The molecule has 0 spiro atoms. The van der Waals surface area contributed by atoms with Crippen LogP contribution in [0.25, 0.3) is 0 Å². The molecule has 0 aliphatic carbocycles. The van der Waals surface area contributed by atoms with Crippen LogP contribution in [-0.4, -0.2) is 63.1 Å². The number of aliphatic hydroxyl groups excluding tert-OH is 1. The van der Waals surface area contributed by atoms with Gasteiger partial charge in [-0.25, -0.2) is 0 Å². The van der Waals surface area contributed by atoms with Gasteiger partial charge in [0.15, 0.2) is 0 Å². The van der Waals surface area contributed by atoms with E-state index in [1.807, 2.05) is 24.3 Å². The number of hydrogen-bond acceptors (Lipinski definition) is 6. The third-order valence-corrected chi connectivity index (χ3v) is 8.28. The Morgan fingerprint density at radius 2 is 1.86 bits per heavy atom. The Balaban J connectivity index is 1.13. The average molecular weight is 596 g/mol. The van der Waals surface area contributed by atoms with Crippen LogP contribution in [0.3, 0.4) is 0 Å². The second kappa shape index (κ2) is 16.3. The third kappa shape index (κ3) is 8.41. The van der Waals surface area contributed by atoms with Gasteiger partial charge >= 0.3 is 0 Å². The summed E-state index contributed by atoms with van der Waals surface area (Å²) >= 11 is 0. The number of rotatable bonds is 13. The first-order chi connectivity index (χ1) is 21.7. The molecule has 0 radical (unpaired) electrons. The fraction of sp³-hybridized carbons (Fsp3) is 0.432. The van der Waals surface area contributed by atoms with Crippen molar-refractivity contribution in [2.45, 2.75) is 58.1 Å². The second-order valence-corrected chi connectivity index (χ2v) is 11.4. The van der Waals surface area contributed by atoms with Gasteiger partial charge in [0.25, 0.3) is 0 Å². The topological polar surface area (TPSA) is 74.3 Å². The zero-order valence-corrected chi connectivity index (χ0v) is 25.9. The van der Waals surface area contributed by atoms with Crippen LogP contribution in [0.15, 0.2) is 66.7 Å². The lowest BCUT2D eigenvalue weighted by atomic mass is 9.98. The zero-order chi connectivity index (χ0) is 30.6. The van der Waals surface area contributed by atoms with Crippen molar-refractivity contribution < 1.29 is 19.4 Å². The molecule has 0 saturated carbocycles. The number of carbonyl (C=O) groups is 1. The van der Waals surface area contributed by atoms with E-state index >= 15 is 0 Å². The van der Waals surface area contributed by atoms with E-state index in [9.17, 15) is 9.90 Å². The zero-order valence-electron chi connectivity index (χ0n) is 25.9. The molecule has 232 valence electrons. The molecule has 0 unspecified atom stereocenters. The van der Waals surface area contributed by atoms with Gasteiger partial charge in [0.1, 0.15) is 11.8 Å². The molecule has 1 saturated heterocycles. The number of aliphatic hydroxyl groups is 1. The molecule has 0 aromatic heterocycles. The first kappa shape index (κ1) is 31.6. The van der Waals surface area contributed by atoms with E-state index < -0.39 is 0 Å². The van der Waals surface area contributed by atoms with E-state index in [0.29, 0.717) is 39.3 Å². The standard InChI is InChI=1S/C37H45N3O4/c1-2-30-10-3-4-11-32(30)28-43-23-8-24-44-35-18-16-33(17-19-35)40-34(26-38-27-37(40)42)13-5-9-29-14-15-31-12-6-20-39(21-7-22-41)36(31)25-29/h3-4,10-11,14-19,25,34,38,41H,2,6-9,12,20-24,26-28H2,1H3/t34-/m0/s1. The molecule has 1 atom stereocenters. The van der Waals surface area contributed by atoms with E-state index in [0.717, 1.165) is 56.6 Å². The monoisotopic (exact) mass is 595 g/mol. The summed E-state index contributed by atoms with van der Waals surface area (Å²) in [7, 11) is 0. The summed E-state index contributed by atoms with van der Waals surface area (Å²) in [5, 5.41) is 12.5. The molecule has 3 aromatic rings. The van der Waals surface area contributed by atoms with Crippen LogP contribution in [0, 0.1) is 11.8 Å².